The number of hydrogen-bond acceptors (Lipinski definition) is 1. The van der Waals surface area contributed by atoms with Crippen LogP contribution in [0.1, 0.15) is 11.1 Å². The van der Waals surface area contributed by atoms with Crippen LogP contribution in [0.25, 0.3) is 0 Å². The quantitative estimate of drug-likeness (QED) is 0.659. The number of aryl methyl sites for hydroxylation is 1. The van der Waals surface area contributed by atoms with Gasteiger partial charge in [0.2, 0.25) is 0 Å². The molecule has 1 aromatic rings. The molecule has 3 radical (unpaired) electrons. The molecule has 0 aromatic heterocycles. The number of nitrogens with one attached hydrogen (secondary N) is 1. The van der Waals surface area contributed by atoms with Crippen LogP contribution in [0.4, 0.5) is 0 Å². The molecule has 0 unspecified atom stereocenters. The average molecular weight is 162 g/mol. The molecular formula is C9H12NSi. The number of rotatable bonds is 3. The Morgan fingerprint density at radius 1 is 1.45 bits per heavy atom. The highest BCUT2D eigenvalue weighted by atomic mass is 28.2. The third-order valence-corrected chi connectivity index (χ3v) is 1.87. The minimum atomic E-state index is 0.973. The van der Waals surface area contributed by atoms with Crippen LogP contribution < -0.4 is 4.98 Å². The molecule has 0 aliphatic heterocycles. The summed E-state index contributed by atoms with van der Waals surface area (Å²) in [5, 5.41) is 0. The highest BCUT2D eigenvalue weighted by molar-refractivity contribution is 6.04. The summed E-state index contributed by atoms with van der Waals surface area (Å²) in [7, 11) is 3.22. The molecule has 0 atom stereocenters. The Bertz CT molecular complexity index is 223. The van der Waals surface area contributed by atoms with Crippen LogP contribution in [-0.2, 0) is 6.42 Å². The van der Waals surface area contributed by atoms with E-state index in [1.54, 1.807) is 0 Å². The van der Waals surface area contributed by atoms with E-state index in [1.807, 2.05) is 0 Å². The first-order valence-corrected chi connectivity index (χ1v) is 4.28. The summed E-state index contributed by atoms with van der Waals surface area (Å²) >= 11 is 0. The van der Waals surface area contributed by atoms with E-state index in [0.29, 0.717) is 0 Å². The van der Waals surface area contributed by atoms with Gasteiger partial charge in [-0.2, -0.15) is 0 Å². The summed E-state index contributed by atoms with van der Waals surface area (Å²) in [6.45, 7) is 3.09. The van der Waals surface area contributed by atoms with E-state index in [4.69, 9.17) is 0 Å². The highest BCUT2D eigenvalue weighted by Crippen LogP contribution is 2.03. The van der Waals surface area contributed by atoms with Crippen LogP contribution in [0.15, 0.2) is 24.3 Å². The number of benzene rings is 1. The normalized spacial score (nSPS) is 10.0. The summed E-state index contributed by atoms with van der Waals surface area (Å²) in [5.74, 6) is 0. The SMILES string of the molecule is Cc1cccc(CCN[Si])c1. The summed E-state index contributed by atoms with van der Waals surface area (Å²) < 4.78 is 0. The van der Waals surface area contributed by atoms with E-state index < -0.39 is 0 Å². The van der Waals surface area contributed by atoms with Crippen molar-refractivity contribution in [1.29, 1.82) is 0 Å². The highest BCUT2D eigenvalue weighted by Gasteiger charge is 1.90. The van der Waals surface area contributed by atoms with Crippen LogP contribution in [0, 0.1) is 6.92 Å². The molecular weight excluding hydrogens is 150 g/mol. The van der Waals surface area contributed by atoms with Crippen molar-refractivity contribution in [3.8, 4) is 0 Å². The van der Waals surface area contributed by atoms with Crippen LogP contribution in [-0.4, -0.2) is 16.9 Å². The van der Waals surface area contributed by atoms with Crippen molar-refractivity contribution >= 4 is 10.4 Å². The van der Waals surface area contributed by atoms with Gasteiger partial charge in [-0.1, -0.05) is 29.8 Å². The van der Waals surface area contributed by atoms with Gasteiger partial charge in [0.1, 0.15) is 10.4 Å². The van der Waals surface area contributed by atoms with Crippen molar-refractivity contribution in [3.05, 3.63) is 35.4 Å². The second kappa shape index (κ2) is 4.31. The lowest BCUT2D eigenvalue weighted by Gasteiger charge is -2.00. The van der Waals surface area contributed by atoms with Crippen LogP contribution in [0.3, 0.4) is 0 Å². The average Bonchev–Trinajstić information content (AvgIpc) is 2.01. The Morgan fingerprint density at radius 2 is 2.27 bits per heavy atom. The molecule has 0 saturated heterocycles. The maximum absolute atomic E-state index is 3.22. The molecule has 0 amide bonds. The van der Waals surface area contributed by atoms with Crippen molar-refractivity contribution < 1.29 is 0 Å². The van der Waals surface area contributed by atoms with Crippen molar-refractivity contribution in [2.45, 2.75) is 13.3 Å². The van der Waals surface area contributed by atoms with E-state index in [0.717, 1.165) is 13.0 Å². The van der Waals surface area contributed by atoms with Gasteiger partial charge < -0.3 is 4.98 Å². The molecule has 57 valence electrons. The lowest BCUT2D eigenvalue weighted by molar-refractivity contribution is 0.897. The molecule has 0 bridgehead atoms. The van der Waals surface area contributed by atoms with Crippen LogP contribution in [0.5, 0.6) is 0 Å². The monoisotopic (exact) mass is 162 g/mol. The minimum Gasteiger partial charge on any atom is -0.340 e. The standard InChI is InChI=1S/C9H12NSi/c1-8-3-2-4-9(7-8)5-6-10-11/h2-4,7,10H,5-6H2,1H3. The zero-order valence-corrected chi connectivity index (χ0v) is 7.72. The first-order valence-electron chi connectivity index (χ1n) is 3.78. The van der Waals surface area contributed by atoms with Gasteiger partial charge in [-0.05, 0) is 25.5 Å². The van der Waals surface area contributed by atoms with Gasteiger partial charge >= 0.3 is 0 Å². The molecule has 0 aliphatic carbocycles. The molecule has 0 fully saturated rings. The van der Waals surface area contributed by atoms with E-state index in [2.05, 4.69) is 46.6 Å². The smallest absolute Gasteiger partial charge is 0.140 e. The predicted octanol–water partition coefficient (Wildman–Crippen LogP) is 1.21. The van der Waals surface area contributed by atoms with Crippen molar-refractivity contribution in [2.24, 2.45) is 0 Å². The fourth-order valence-electron chi connectivity index (χ4n) is 1.07. The molecule has 1 N–H and O–H groups in total. The second-order valence-electron chi connectivity index (χ2n) is 2.67. The Balaban J connectivity index is 2.56. The van der Waals surface area contributed by atoms with Gasteiger partial charge in [0, 0.05) is 0 Å². The largest absolute Gasteiger partial charge is 0.340 e. The molecule has 1 rings (SSSR count). The fraction of sp³-hybridized carbons (Fsp3) is 0.333. The third kappa shape index (κ3) is 2.86. The minimum absolute atomic E-state index is 0.973. The van der Waals surface area contributed by atoms with E-state index in [1.165, 1.54) is 11.1 Å². The van der Waals surface area contributed by atoms with Crippen LogP contribution in [0.2, 0.25) is 0 Å². The molecule has 1 aromatic carbocycles. The molecule has 0 spiro atoms. The summed E-state index contributed by atoms with van der Waals surface area (Å²) in [5.41, 5.74) is 2.72. The summed E-state index contributed by atoms with van der Waals surface area (Å²) in [6, 6.07) is 8.57. The molecule has 0 heterocycles. The maximum Gasteiger partial charge on any atom is 0.140 e. The first-order chi connectivity index (χ1) is 5.33. The number of hydrogen-bond donors (Lipinski definition) is 1. The van der Waals surface area contributed by atoms with Crippen LogP contribution >= 0.6 is 0 Å². The lowest BCUT2D eigenvalue weighted by atomic mass is 10.1. The molecule has 2 heteroatoms. The van der Waals surface area contributed by atoms with Crippen molar-refractivity contribution in [1.82, 2.24) is 4.98 Å². The first kappa shape index (κ1) is 8.49. The lowest BCUT2D eigenvalue weighted by Crippen LogP contribution is -2.12. The van der Waals surface area contributed by atoms with E-state index in [-0.39, 0.29) is 0 Å². The maximum atomic E-state index is 3.22. The van der Waals surface area contributed by atoms with Crippen molar-refractivity contribution in [2.75, 3.05) is 6.54 Å². The second-order valence-corrected chi connectivity index (χ2v) is 3.02. The third-order valence-electron chi connectivity index (χ3n) is 1.62. The van der Waals surface area contributed by atoms with Crippen molar-refractivity contribution in [3.63, 3.8) is 0 Å². The van der Waals surface area contributed by atoms with E-state index in [9.17, 15) is 0 Å². The molecule has 11 heavy (non-hydrogen) atoms. The van der Waals surface area contributed by atoms with Gasteiger partial charge in [0.05, 0.1) is 0 Å². The molecule has 0 aliphatic rings. The predicted molar refractivity (Wildman–Crippen MR) is 48.6 cm³/mol. The molecule has 1 nitrogen and oxygen atoms in total. The Morgan fingerprint density at radius 3 is 2.91 bits per heavy atom. The van der Waals surface area contributed by atoms with Gasteiger partial charge in [-0.15, -0.1) is 0 Å². The molecule has 0 saturated carbocycles. The van der Waals surface area contributed by atoms with E-state index >= 15 is 0 Å². The van der Waals surface area contributed by atoms with Gasteiger partial charge in [0.25, 0.3) is 0 Å². The van der Waals surface area contributed by atoms with Gasteiger partial charge in [-0.3, -0.25) is 0 Å². The Kier molecular flexibility index (Phi) is 3.33. The zero-order chi connectivity index (χ0) is 8.10. The zero-order valence-electron chi connectivity index (χ0n) is 6.72. The summed E-state index contributed by atoms with van der Waals surface area (Å²) in [4.78, 5) is 2.94. The fourth-order valence-corrected chi connectivity index (χ4v) is 1.20. The Hall–Kier alpha value is -0.603. The summed E-state index contributed by atoms with van der Waals surface area (Å²) in [6.07, 6.45) is 1.07. The Labute approximate surface area is 71.3 Å². The topological polar surface area (TPSA) is 12.0 Å². The van der Waals surface area contributed by atoms with Gasteiger partial charge in [0.15, 0.2) is 0 Å². The van der Waals surface area contributed by atoms with Gasteiger partial charge in [-0.25, -0.2) is 0 Å².